The molecule has 0 aliphatic rings. The van der Waals surface area contributed by atoms with Gasteiger partial charge in [-0.3, -0.25) is 0 Å². The highest BCUT2D eigenvalue weighted by Gasteiger charge is 2.04. The summed E-state index contributed by atoms with van der Waals surface area (Å²) in [4.78, 5) is 1.51. The zero-order valence-electron chi connectivity index (χ0n) is 8.35. The van der Waals surface area contributed by atoms with Gasteiger partial charge in [0.1, 0.15) is 5.82 Å². The summed E-state index contributed by atoms with van der Waals surface area (Å²) in [5, 5.41) is 8.62. The van der Waals surface area contributed by atoms with Gasteiger partial charge in [0.05, 0.1) is 11.6 Å². The predicted molar refractivity (Wildman–Crippen MR) is 61.7 cm³/mol. The molecule has 2 rings (SSSR count). The topological polar surface area (TPSA) is 23.8 Å². The van der Waals surface area contributed by atoms with Crippen molar-refractivity contribution in [3.8, 4) is 6.07 Å². The van der Waals surface area contributed by atoms with Gasteiger partial charge in [-0.1, -0.05) is 30.0 Å². The number of rotatable bonds is 2. The maximum atomic E-state index is 13.6. The second-order valence-electron chi connectivity index (χ2n) is 3.17. The summed E-state index contributed by atoms with van der Waals surface area (Å²) < 4.78 is 13.6. The molecule has 0 aliphatic carbocycles. The molecule has 2 aromatic rings. The molecule has 0 unspecified atom stereocenters. The van der Waals surface area contributed by atoms with Crippen LogP contribution >= 0.6 is 11.8 Å². The molecule has 0 aromatic heterocycles. The minimum absolute atomic E-state index is 0.343. The molecule has 0 spiro atoms. The zero-order chi connectivity index (χ0) is 11.4. The molecule has 78 valence electrons. The van der Waals surface area contributed by atoms with Crippen molar-refractivity contribution in [3.05, 3.63) is 59.9 Å². The van der Waals surface area contributed by atoms with Crippen LogP contribution in [0.5, 0.6) is 0 Å². The molecule has 0 saturated carbocycles. The molecule has 2 aromatic carbocycles. The molecule has 0 N–H and O–H groups in total. The van der Waals surface area contributed by atoms with Crippen LogP contribution in [0.2, 0.25) is 0 Å². The Labute approximate surface area is 97.5 Å². The van der Waals surface area contributed by atoms with Crippen molar-refractivity contribution in [2.24, 2.45) is 0 Å². The number of nitriles is 1. The van der Waals surface area contributed by atoms with E-state index in [1.807, 2.05) is 36.4 Å². The van der Waals surface area contributed by atoms with Crippen LogP contribution in [-0.2, 0) is 0 Å². The fraction of sp³-hybridized carbons (Fsp3) is 0. The van der Waals surface area contributed by atoms with Crippen LogP contribution in [-0.4, -0.2) is 0 Å². The number of hydrogen-bond donors (Lipinski definition) is 0. The maximum Gasteiger partial charge on any atom is 0.138 e. The Morgan fingerprint density at radius 1 is 1.06 bits per heavy atom. The fourth-order valence-electron chi connectivity index (χ4n) is 1.27. The average molecular weight is 229 g/mol. The first-order valence-corrected chi connectivity index (χ1v) is 5.54. The molecular formula is C13H8FNS. The van der Waals surface area contributed by atoms with E-state index in [0.29, 0.717) is 10.5 Å². The van der Waals surface area contributed by atoms with E-state index < -0.39 is 0 Å². The Morgan fingerprint density at radius 2 is 1.81 bits per heavy atom. The molecule has 0 fully saturated rings. The van der Waals surface area contributed by atoms with Crippen molar-refractivity contribution in [3.63, 3.8) is 0 Å². The quantitative estimate of drug-likeness (QED) is 0.781. The van der Waals surface area contributed by atoms with E-state index in [4.69, 9.17) is 5.26 Å². The van der Waals surface area contributed by atoms with Gasteiger partial charge in [-0.15, -0.1) is 0 Å². The first-order chi connectivity index (χ1) is 7.79. The molecular weight excluding hydrogens is 221 g/mol. The third kappa shape index (κ3) is 2.41. The highest BCUT2D eigenvalue weighted by molar-refractivity contribution is 7.99. The lowest BCUT2D eigenvalue weighted by atomic mass is 10.2. The number of hydrogen-bond acceptors (Lipinski definition) is 2. The molecule has 0 heterocycles. The second kappa shape index (κ2) is 4.82. The molecule has 0 radical (unpaired) electrons. The summed E-state index contributed by atoms with van der Waals surface area (Å²) in [6, 6.07) is 16.0. The molecule has 0 bridgehead atoms. The lowest BCUT2D eigenvalue weighted by Crippen LogP contribution is -1.83. The van der Waals surface area contributed by atoms with Crippen molar-refractivity contribution in [2.75, 3.05) is 0 Å². The Morgan fingerprint density at radius 3 is 2.44 bits per heavy atom. The largest absolute Gasteiger partial charge is 0.206 e. The van der Waals surface area contributed by atoms with Gasteiger partial charge in [0, 0.05) is 9.79 Å². The van der Waals surface area contributed by atoms with Crippen LogP contribution in [0.4, 0.5) is 4.39 Å². The Kier molecular flexibility index (Phi) is 3.23. The number of nitrogens with zero attached hydrogens (tertiary/aromatic N) is 1. The summed E-state index contributed by atoms with van der Waals surface area (Å²) in [5.41, 5.74) is 0.343. The lowest BCUT2D eigenvalue weighted by molar-refractivity contribution is 0.601. The van der Waals surface area contributed by atoms with Crippen LogP contribution in [0, 0.1) is 17.1 Å². The third-order valence-corrected chi connectivity index (χ3v) is 3.09. The van der Waals surface area contributed by atoms with Crippen molar-refractivity contribution in [1.82, 2.24) is 0 Å². The van der Waals surface area contributed by atoms with E-state index in [2.05, 4.69) is 0 Å². The van der Waals surface area contributed by atoms with Crippen LogP contribution in [0.1, 0.15) is 5.56 Å². The molecule has 0 saturated heterocycles. The van der Waals surface area contributed by atoms with E-state index in [9.17, 15) is 4.39 Å². The van der Waals surface area contributed by atoms with Gasteiger partial charge < -0.3 is 0 Å². The molecule has 0 amide bonds. The first kappa shape index (κ1) is 10.7. The van der Waals surface area contributed by atoms with Crippen LogP contribution < -0.4 is 0 Å². The van der Waals surface area contributed by atoms with E-state index in [0.717, 1.165) is 4.90 Å². The summed E-state index contributed by atoms with van der Waals surface area (Å²) in [6.45, 7) is 0. The minimum Gasteiger partial charge on any atom is -0.206 e. The van der Waals surface area contributed by atoms with Crippen molar-refractivity contribution in [1.29, 1.82) is 5.26 Å². The zero-order valence-corrected chi connectivity index (χ0v) is 9.17. The van der Waals surface area contributed by atoms with E-state index >= 15 is 0 Å². The summed E-state index contributed by atoms with van der Waals surface area (Å²) in [5.74, 6) is -0.354. The monoisotopic (exact) mass is 229 g/mol. The van der Waals surface area contributed by atoms with Gasteiger partial charge >= 0.3 is 0 Å². The smallest absolute Gasteiger partial charge is 0.138 e. The summed E-state index contributed by atoms with van der Waals surface area (Å²) in [6.07, 6.45) is 0. The van der Waals surface area contributed by atoms with Crippen molar-refractivity contribution in [2.45, 2.75) is 9.79 Å². The number of benzene rings is 2. The van der Waals surface area contributed by atoms with Crippen molar-refractivity contribution < 1.29 is 4.39 Å². The van der Waals surface area contributed by atoms with Crippen LogP contribution in [0.25, 0.3) is 0 Å². The Balaban J connectivity index is 2.27. The average Bonchev–Trinajstić information content (AvgIpc) is 2.33. The normalized spacial score (nSPS) is 9.75. The summed E-state index contributed by atoms with van der Waals surface area (Å²) >= 11 is 1.35. The highest BCUT2D eigenvalue weighted by Crippen LogP contribution is 2.29. The van der Waals surface area contributed by atoms with Gasteiger partial charge in [0.2, 0.25) is 0 Å². The second-order valence-corrected chi connectivity index (χ2v) is 4.29. The molecule has 16 heavy (non-hydrogen) atoms. The van der Waals surface area contributed by atoms with Gasteiger partial charge in [0.25, 0.3) is 0 Å². The predicted octanol–water partition coefficient (Wildman–Crippen LogP) is 3.85. The standard InChI is InChI=1S/C13H8FNS/c14-12-8-10(9-15)6-7-13(12)16-11-4-2-1-3-5-11/h1-8H. The van der Waals surface area contributed by atoms with E-state index in [1.165, 1.54) is 17.8 Å². The van der Waals surface area contributed by atoms with Gasteiger partial charge in [0.15, 0.2) is 0 Å². The van der Waals surface area contributed by atoms with Gasteiger partial charge in [-0.2, -0.15) is 5.26 Å². The Hall–Kier alpha value is -1.79. The van der Waals surface area contributed by atoms with E-state index in [1.54, 1.807) is 12.1 Å². The molecule has 3 heteroatoms. The SMILES string of the molecule is N#Cc1ccc(Sc2ccccc2)c(F)c1. The molecule has 0 atom stereocenters. The van der Waals surface area contributed by atoms with Crippen LogP contribution in [0.15, 0.2) is 58.3 Å². The maximum absolute atomic E-state index is 13.6. The molecule has 1 nitrogen and oxygen atoms in total. The number of halogens is 1. The van der Waals surface area contributed by atoms with Crippen LogP contribution in [0.3, 0.4) is 0 Å². The molecule has 0 aliphatic heterocycles. The van der Waals surface area contributed by atoms with E-state index in [-0.39, 0.29) is 5.82 Å². The first-order valence-electron chi connectivity index (χ1n) is 4.72. The van der Waals surface area contributed by atoms with Gasteiger partial charge in [-0.05, 0) is 30.3 Å². The van der Waals surface area contributed by atoms with Gasteiger partial charge in [-0.25, -0.2) is 4.39 Å². The third-order valence-electron chi connectivity index (χ3n) is 2.03. The minimum atomic E-state index is -0.354. The summed E-state index contributed by atoms with van der Waals surface area (Å²) in [7, 11) is 0. The van der Waals surface area contributed by atoms with Crippen molar-refractivity contribution >= 4 is 11.8 Å². The fourth-order valence-corrected chi connectivity index (χ4v) is 2.11. The highest BCUT2D eigenvalue weighted by atomic mass is 32.2. The lowest BCUT2D eigenvalue weighted by Gasteiger charge is -2.02. The Bertz CT molecular complexity index is 531.